The summed E-state index contributed by atoms with van der Waals surface area (Å²) in [5.74, 6) is -1.37. The maximum absolute atomic E-state index is 11.0. The third-order valence-corrected chi connectivity index (χ3v) is 2.46. The number of hydrogen-bond acceptors (Lipinski definition) is 6. The average Bonchev–Trinajstić information content (AvgIpc) is 2.52. The molecule has 0 heterocycles. The Labute approximate surface area is 139 Å². The summed E-state index contributed by atoms with van der Waals surface area (Å²) < 4.78 is 4.88. The van der Waals surface area contributed by atoms with Crippen LogP contribution in [0.25, 0.3) is 0 Å². The Hall–Kier alpha value is -3.16. The summed E-state index contributed by atoms with van der Waals surface area (Å²) in [5.41, 5.74) is 1.29. The van der Waals surface area contributed by atoms with Crippen LogP contribution in [-0.4, -0.2) is 35.1 Å². The first-order valence-corrected chi connectivity index (χ1v) is 6.85. The van der Waals surface area contributed by atoms with Gasteiger partial charge in [0.1, 0.15) is 6.61 Å². The predicted molar refractivity (Wildman–Crippen MR) is 89.8 cm³/mol. The topological polar surface area (TPSA) is 119 Å². The molecular formula is C16H20N2O6. The lowest BCUT2D eigenvalue weighted by Gasteiger charge is -2.07. The van der Waals surface area contributed by atoms with Crippen molar-refractivity contribution in [2.75, 3.05) is 18.5 Å². The second-order valence-corrected chi connectivity index (χ2v) is 4.73. The molecule has 0 unspecified atom stereocenters. The zero-order valence-electron chi connectivity index (χ0n) is 13.6. The molecule has 0 aliphatic carbocycles. The molecule has 0 bridgehead atoms. The number of carbonyl (C=O) groups excluding carboxylic acids is 1. The summed E-state index contributed by atoms with van der Waals surface area (Å²) >= 11 is 0. The summed E-state index contributed by atoms with van der Waals surface area (Å²) in [6.07, 6.45) is 0. The van der Waals surface area contributed by atoms with Crippen molar-refractivity contribution in [3.8, 4) is 0 Å². The van der Waals surface area contributed by atoms with Crippen LogP contribution in [0.1, 0.15) is 13.8 Å². The van der Waals surface area contributed by atoms with Crippen LogP contribution in [0, 0.1) is 10.1 Å². The first-order valence-electron chi connectivity index (χ1n) is 6.85. The highest BCUT2D eigenvalue weighted by Gasteiger charge is 2.04. The smallest absolute Gasteiger partial charge is 0.333 e. The molecule has 0 saturated heterocycles. The van der Waals surface area contributed by atoms with Crippen molar-refractivity contribution in [2.24, 2.45) is 0 Å². The second-order valence-electron chi connectivity index (χ2n) is 4.73. The average molecular weight is 336 g/mol. The summed E-state index contributed by atoms with van der Waals surface area (Å²) in [6.45, 7) is 10.3. The highest BCUT2D eigenvalue weighted by atomic mass is 16.6. The molecule has 2 N–H and O–H groups in total. The molecule has 1 aromatic rings. The molecule has 0 spiro atoms. The van der Waals surface area contributed by atoms with E-state index < -0.39 is 16.9 Å². The number of carboxylic acid groups (broad SMARTS) is 1. The number of nitrogens with one attached hydrogen (secondary N) is 1. The van der Waals surface area contributed by atoms with Crippen molar-refractivity contribution < 1.29 is 24.4 Å². The maximum atomic E-state index is 11.0. The Kier molecular flexibility index (Phi) is 9.16. The number of carbonyl (C=O) groups is 2. The van der Waals surface area contributed by atoms with Crippen molar-refractivity contribution >= 4 is 23.3 Å². The van der Waals surface area contributed by atoms with Gasteiger partial charge in [-0.3, -0.25) is 10.1 Å². The molecule has 0 amide bonds. The highest BCUT2D eigenvalue weighted by Crippen LogP contribution is 2.14. The zero-order chi connectivity index (χ0) is 18.7. The lowest BCUT2D eigenvalue weighted by Crippen LogP contribution is -2.13. The second kappa shape index (κ2) is 10.5. The number of esters is 1. The first kappa shape index (κ1) is 20.8. The number of nitro groups is 1. The van der Waals surface area contributed by atoms with Crippen molar-refractivity contribution in [1.29, 1.82) is 0 Å². The Balaban J connectivity index is 0.000000754. The monoisotopic (exact) mass is 336 g/mol. The van der Waals surface area contributed by atoms with Gasteiger partial charge >= 0.3 is 11.9 Å². The largest absolute Gasteiger partial charge is 0.478 e. The van der Waals surface area contributed by atoms with Crippen LogP contribution < -0.4 is 5.32 Å². The standard InChI is InChI=1S/C12H14N2O4.C4H6O2/c1-9(2)12(15)18-8-7-13-10-3-5-11(6-4-10)14(16)17;1-3(2)4(5)6/h3-6,13H,1,7-8H2,2H3;1H2,2H3,(H,5,6). The van der Waals surface area contributed by atoms with Gasteiger partial charge in [-0.1, -0.05) is 13.2 Å². The van der Waals surface area contributed by atoms with Gasteiger partial charge in [0.2, 0.25) is 0 Å². The molecule has 0 radical (unpaired) electrons. The van der Waals surface area contributed by atoms with Gasteiger partial charge in [-0.05, 0) is 26.0 Å². The van der Waals surface area contributed by atoms with Crippen LogP contribution in [0.2, 0.25) is 0 Å². The molecule has 8 nitrogen and oxygen atoms in total. The number of carboxylic acids is 1. The van der Waals surface area contributed by atoms with Gasteiger partial charge in [0.15, 0.2) is 0 Å². The number of rotatable bonds is 7. The first-order chi connectivity index (χ1) is 11.1. The SMILES string of the molecule is C=C(C)C(=O)O.C=C(C)C(=O)OCCNc1ccc([N+](=O)[O-])cc1. The van der Waals surface area contributed by atoms with E-state index in [2.05, 4.69) is 18.5 Å². The summed E-state index contributed by atoms with van der Waals surface area (Å²) in [5, 5.41) is 21.3. The minimum absolute atomic E-state index is 0.0364. The summed E-state index contributed by atoms with van der Waals surface area (Å²) in [7, 11) is 0. The van der Waals surface area contributed by atoms with Gasteiger partial charge in [0.05, 0.1) is 4.92 Å². The molecule has 1 rings (SSSR count). The van der Waals surface area contributed by atoms with E-state index in [9.17, 15) is 19.7 Å². The Bertz CT molecular complexity index is 610. The van der Waals surface area contributed by atoms with Crippen molar-refractivity contribution in [2.45, 2.75) is 13.8 Å². The van der Waals surface area contributed by atoms with Crippen LogP contribution in [0.5, 0.6) is 0 Å². The lowest BCUT2D eigenvalue weighted by molar-refractivity contribution is -0.384. The fourth-order valence-corrected chi connectivity index (χ4v) is 1.16. The predicted octanol–water partition coefficient (Wildman–Crippen LogP) is 2.77. The maximum Gasteiger partial charge on any atom is 0.333 e. The number of nitrogens with zero attached hydrogens (tertiary/aromatic N) is 1. The number of benzene rings is 1. The third-order valence-electron chi connectivity index (χ3n) is 2.46. The van der Waals surface area contributed by atoms with Crippen LogP contribution in [0.15, 0.2) is 48.6 Å². The molecule has 0 aliphatic heterocycles. The molecule has 130 valence electrons. The fourth-order valence-electron chi connectivity index (χ4n) is 1.16. The Morgan fingerprint density at radius 1 is 1.21 bits per heavy atom. The van der Waals surface area contributed by atoms with E-state index in [1.165, 1.54) is 19.1 Å². The number of nitro benzene ring substituents is 1. The van der Waals surface area contributed by atoms with E-state index in [1.54, 1.807) is 19.1 Å². The lowest BCUT2D eigenvalue weighted by atomic mass is 10.3. The minimum atomic E-state index is -0.935. The van der Waals surface area contributed by atoms with Crippen molar-refractivity contribution in [3.63, 3.8) is 0 Å². The molecule has 1 aromatic carbocycles. The van der Waals surface area contributed by atoms with Crippen LogP contribution in [0.3, 0.4) is 0 Å². The van der Waals surface area contributed by atoms with Gasteiger partial charge in [0.25, 0.3) is 5.69 Å². The van der Waals surface area contributed by atoms with Gasteiger partial charge in [-0.25, -0.2) is 9.59 Å². The molecule has 0 aliphatic rings. The van der Waals surface area contributed by atoms with E-state index in [0.29, 0.717) is 12.1 Å². The summed E-state index contributed by atoms with van der Waals surface area (Å²) in [4.78, 5) is 30.6. The van der Waals surface area contributed by atoms with Gasteiger partial charge < -0.3 is 15.2 Å². The number of non-ortho nitro benzene ring substituents is 1. The molecule has 24 heavy (non-hydrogen) atoms. The van der Waals surface area contributed by atoms with Crippen LogP contribution in [0.4, 0.5) is 11.4 Å². The molecule has 0 atom stereocenters. The van der Waals surface area contributed by atoms with E-state index in [4.69, 9.17) is 9.84 Å². The normalized spacial score (nSPS) is 9.08. The van der Waals surface area contributed by atoms with Crippen molar-refractivity contribution in [1.82, 2.24) is 0 Å². The van der Waals surface area contributed by atoms with Crippen LogP contribution >= 0.6 is 0 Å². The Morgan fingerprint density at radius 3 is 2.08 bits per heavy atom. The highest BCUT2D eigenvalue weighted by molar-refractivity contribution is 5.86. The molecule has 0 aromatic heterocycles. The number of anilines is 1. The van der Waals surface area contributed by atoms with E-state index in [-0.39, 0.29) is 17.9 Å². The fraction of sp³-hybridized carbons (Fsp3) is 0.250. The molecule has 0 fully saturated rings. The number of hydrogen-bond donors (Lipinski definition) is 2. The van der Waals surface area contributed by atoms with E-state index in [1.807, 2.05) is 0 Å². The molecular weight excluding hydrogens is 316 g/mol. The number of ether oxygens (including phenoxy) is 1. The zero-order valence-corrected chi connectivity index (χ0v) is 13.6. The third kappa shape index (κ3) is 8.98. The van der Waals surface area contributed by atoms with Gasteiger partial charge in [-0.2, -0.15) is 0 Å². The molecule has 8 heteroatoms. The minimum Gasteiger partial charge on any atom is -0.478 e. The van der Waals surface area contributed by atoms with E-state index in [0.717, 1.165) is 5.69 Å². The van der Waals surface area contributed by atoms with Crippen molar-refractivity contribution in [3.05, 3.63) is 58.7 Å². The molecule has 0 saturated carbocycles. The van der Waals surface area contributed by atoms with Crippen LogP contribution in [-0.2, 0) is 14.3 Å². The van der Waals surface area contributed by atoms with E-state index >= 15 is 0 Å². The van der Waals surface area contributed by atoms with Gasteiger partial charge in [-0.15, -0.1) is 0 Å². The summed E-state index contributed by atoms with van der Waals surface area (Å²) in [6, 6.07) is 6.00. The quantitative estimate of drug-likeness (QED) is 0.258. The Morgan fingerprint density at radius 2 is 1.71 bits per heavy atom. The van der Waals surface area contributed by atoms with Gasteiger partial charge in [0, 0.05) is 35.5 Å². The number of aliphatic carboxylic acids is 1.